The van der Waals surface area contributed by atoms with Gasteiger partial charge in [0, 0.05) is 45.4 Å². The fourth-order valence-electron chi connectivity index (χ4n) is 2.46. The van der Waals surface area contributed by atoms with Crippen LogP contribution >= 0.6 is 0 Å². The molecule has 0 radical (unpaired) electrons. The molecule has 0 saturated carbocycles. The van der Waals surface area contributed by atoms with E-state index < -0.39 is 10.2 Å². The summed E-state index contributed by atoms with van der Waals surface area (Å²) < 4.78 is 33.5. The third-order valence-electron chi connectivity index (χ3n) is 3.50. The van der Waals surface area contributed by atoms with Crippen molar-refractivity contribution in [2.45, 2.75) is 39.3 Å². The van der Waals surface area contributed by atoms with Gasteiger partial charge in [0.25, 0.3) is 10.2 Å². The van der Waals surface area contributed by atoms with Crippen molar-refractivity contribution in [2.75, 3.05) is 39.9 Å². The smallest absolute Gasteiger partial charge is 0.279 e. The predicted molar refractivity (Wildman–Crippen MR) is 76.3 cm³/mol. The van der Waals surface area contributed by atoms with Crippen molar-refractivity contribution >= 4 is 10.2 Å². The van der Waals surface area contributed by atoms with Crippen LogP contribution in [-0.2, 0) is 14.9 Å². The topological polar surface area (TPSA) is 61.9 Å². The van der Waals surface area contributed by atoms with Gasteiger partial charge < -0.3 is 4.74 Å². The summed E-state index contributed by atoms with van der Waals surface area (Å²) in [5.74, 6) is 0. The van der Waals surface area contributed by atoms with Gasteiger partial charge in [-0.05, 0) is 20.3 Å². The molecule has 1 fully saturated rings. The van der Waals surface area contributed by atoms with E-state index in [1.807, 2.05) is 6.92 Å². The molecule has 6 nitrogen and oxygen atoms in total. The van der Waals surface area contributed by atoms with Crippen LogP contribution in [0.1, 0.15) is 27.2 Å². The molecule has 1 saturated heterocycles. The summed E-state index contributed by atoms with van der Waals surface area (Å²) in [5, 5.41) is 0. The summed E-state index contributed by atoms with van der Waals surface area (Å²) in [4.78, 5) is 2.30. The van der Waals surface area contributed by atoms with Crippen LogP contribution in [0.15, 0.2) is 0 Å². The average Bonchev–Trinajstić information content (AvgIpc) is 2.35. The van der Waals surface area contributed by atoms with Crippen LogP contribution in [0.4, 0.5) is 0 Å². The zero-order valence-electron chi connectivity index (χ0n) is 12.4. The van der Waals surface area contributed by atoms with E-state index in [4.69, 9.17) is 4.74 Å². The van der Waals surface area contributed by atoms with Gasteiger partial charge in [-0.2, -0.15) is 12.7 Å². The Morgan fingerprint density at radius 3 is 2.32 bits per heavy atom. The van der Waals surface area contributed by atoms with Crippen molar-refractivity contribution in [3.8, 4) is 0 Å². The van der Waals surface area contributed by atoms with Crippen molar-refractivity contribution in [1.29, 1.82) is 0 Å². The van der Waals surface area contributed by atoms with Gasteiger partial charge in [0.1, 0.15) is 0 Å². The van der Waals surface area contributed by atoms with E-state index in [9.17, 15) is 8.42 Å². The standard InChI is InChI=1S/C12H27N3O3S/c1-5-6-13-19(16,17)14-9-11(2)15(7-8-18-4)12(3)10-14/h11-13H,5-10H2,1-4H3. The minimum atomic E-state index is -3.33. The Kier molecular flexibility index (Phi) is 6.68. The van der Waals surface area contributed by atoms with Crippen LogP contribution in [0.5, 0.6) is 0 Å². The Labute approximate surface area is 117 Å². The first-order valence-corrected chi connectivity index (χ1v) is 8.35. The monoisotopic (exact) mass is 293 g/mol. The van der Waals surface area contributed by atoms with E-state index in [2.05, 4.69) is 23.5 Å². The summed E-state index contributed by atoms with van der Waals surface area (Å²) in [7, 11) is -1.64. The molecule has 7 heteroatoms. The molecule has 1 N–H and O–H groups in total. The Hall–Kier alpha value is -0.210. The highest BCUT2D eigenvalue weighted by atomic mass is 32.2. The van der Waals surface area contributed by atoms with Crippen molar-refractivity contribution in [3.63, 3.8) is 0 Å². The summed E-state index contributed by atoms with van der Waals surface area (Å²) in [6.45, 7) is 9.16. The lowest BCUT2D eigenvalue weighted by molar-refractivity contribution is 0.0492. The van der Waals surface area contributed by atoms with Crippen molar-refractivity contribution in [1.82, 2.24) is 13.9 Å². The van der Waals surface area contributed by atoms with Crippen LogP contribution in [0.3, 0.4) is 0 Å². The van der Waals surface area contributed by atoms with Crippen LogP contribution in [0.2, 0.25) is 0 Å². The molecule has 114 valence electrons. The summed E-state index contributed by atoms with van der Waals surface area (Å²) in [6.07, 6.45) is 0.804. The number of hydrogen-bond acceptors (Lipinski definition) is 4. The van der Waals surface area contributed by atoms with Crippen LogP contribution in [-0.4, -0.2) is 69.6 Å². The summed E-state index contributed by atoms with van der Waals surface area (Å²) in [6, 6.07) is 0.411. The van der Waals surface area contributed by atoms with E-state index in [1.54, 1.807) is 11.4 Å². The highest BCUT2D eigenvalue weighted by Crippen LogP contribution is 2.17. The Bertz CT molecular complexity index is 349. The zero-order chi connectivity index (χ0) is 14.5. The van der Waals surface area contributed by atoms with Crippen LogP contribution in [0.25, 0.3) is 0 Å². The van der Waals surface area contributed by atoms with Gasteiger partial charge in [0.15, 0.2) is 0 Å². The third-order valence-corrected chi connectivity index (χ3v) is 5.04. The number of ether oxygens (including phenoxy) is 1. The highest BCUT2D eigenvalue weighted by molar-refractivity contribution is 7.87. The fourth-order valence-corrected chi connectivity index (χ4v) is 3.93. The molecule has 1 heterocycles. The lowest BCUT2D eigenvalue weighted by atomic mass is 10.1. The maximum atomic E-state index is 12.1. The second kappa shape index (κ2) is 7.54. The lowest BCUT2D eigenvalue weighted by Gasteiger charge is -2.43. The minimum absolute atomic E-state index is 0.206. The number of piperazine rings is 1. The molecular formula is C12H27N3O3S. The van der Waals surface area contributed by atoms with Gasteiger partial charge in [-0.1, -0.05) is 6.92 Å². The molecule has 0 bridgehead atoms. The molecule has 2 atom stereocenters. The van der Waals surface area contributed by atoms with E-state index >= 15 is 0 Å². The quantitative estimate of drug-likeness (QED) is 0.732. The van der Waals surface area contributed by atoms with Crippen molar-refractivity contribution < 1.29 is 13.2 Å². The summed E-state index contributed by atoms with van der Waals surface area (Å²) in [5.41, 5.74) is 0. The molecule has 2 unspecified atom stereocenters. The molecule has 0 spiro atoms. The first-order valence-electron chi connectivity index (χ1n) is 6.91. The summed E-state index contributed by atoms with van der Waals surface area (Å²) >= 11 is 0. The first-order chi connectivity index (χ1) is 8.92. The maximum absolute atomic E-state index is 12.1. The normalized spacial score (nSPS) is 26.7. The maximum Gasteiger partial charge on any atom is 0.279 e. The SMILES string of the molecule is CCCNS(=O)(=O)N1CC(C)N(CCOC)C(C)C1. The average molecular weight is 293 g/mol. The molecule has 0 aromatic carbocycles. The molecule has 0 aliphatic carbocycles. The highest BCUT2D eigenvalue weighted by Gasteiger charge is 2.34. The second-order valence-electron chi connectivity index (χ2n) is 5.15. The second-order valence-corrected chi connectivity index (χ2v) is 6.90. The van der Waals surface area contributed by atoms with Gasteiger partial charge in [0.05, 0.1) is 6.61 Å². The zero-order valence-corrected chi connectivity index (χ0v) is 13.2. The fraction of sp³-hybridized carbons (Fsp3) is 1.00. The number of nitrogens with zero attached hydrogens (tertiary/aromatic N) is 2. The molecule has 19 heavy (non-hydrogen) atoms. The number of methoxy groups -OCH3 is 1. The van der Waals surface area contributed by atoms with Crippen molar-refractivity contribution in [3.05, 3.63) is 0 Å². The predicted octanol–water partition coefficient (Wildman–Crippen LogP) is 0.272. The first kappa shape index (κ1) is 16.8. The Morgan fingerprint density at radius 2 is 1.84 bits per heavy atom. The molecule has 0 amide bonds. The van der Waals surface area contributed by atoms with Gasteiger partial charge in [-0.25, -0.2) is 4.72 Å². The molecule has 1 rings (SSSR count). The van der Waals surface area contributed by atoms with Crippen LogP contribution < -0.4 is 4.72 Å². The molecule has 0 aromatic heterocycles. The van der Waals surface area contributed by atoms with Crippen molar-refractivity contribution in [2.24, 2.45) is 0 Å². The Morgan fingerprint density at radius 1 is 1.26 bits per heavy atom. The molecule has 1 aliphatic rings. The van der Waals surface area contributed by atoms with E-state index in [0.717, 1.165) is 13.0 Å². The molecule has 1 aliphatic heterocycles. The number of nitrogens with one attached hydrogen (secondary N) is 1. The van der Waals surface area contributed by atoms with Gasteiger partial charge in [-0.15, -0.1) is 0 Å². The molecular weight excluding hydrogens is 266 g/mol. The van der Waals surface area contributed by atoms with Gasteiger partial charge in [0.2, 0.25) is 0 Å². The lowest BCUT2D eigenvalue weighted by Crippen LogP contribution is -2.60. The van der Waals surface area contributed by atoms with Crippen LogP contribution in [0, 0.1) is 0 Å². The van der Waals surface area contributed by atoms with E-state index in [-0.39, 0.29) is 12.1 Å². The van der Waals surface area contributed by atoms with E-state index in [1.165, 1.54) is 0 Å². The van der Waals surface area contributed by atoms with Gasteiger partial charge >= 0.3 is 0 Å². The largest absolute Gasteiger partial charge is 0.383 e. The van der Waals surface area contributed by atoms with Gasteiger partial charge in [-0.3, -0.25) is 4.90 Å². The number of rotatable bonds is 7. The third kappa shape index (κ3) is 4.68. The number of hydrogen-bond donors (Lipinski definition) is 1. The minimum Gasteiger partial charge on any atom is -0.383 e. The molecule has 0 aromatic rings. The van der Waals surface area contributed by atoms with E-state index in [0.29, 0.717) is 26.2 Å². The Balaban J connectivity index is 2.63.